The molecule has 2 aromatic carbocycles. The van der Waals surface area contributed by atoms with Crippen molar-refractivity contribution in [2.45, 2.75) is 19.5 Å². The first-order valence-corrected chi connectivity index (χ1v) is 8.45. The predicted octanol–water partition coefficient (Wildman–Crippen LogP) is 2.94. The zero-order valence-electron chi connectivity index (χ0n) is 14.9. The molecule has 132 valence electrons. The molecule has 5 heteroatoms. The first-order chi connectivity index (χ1) is 12.1. The van der Waals surface area contributed by atoms with Crippen LogP contribution in [0, 0.1) is 0 Å². The summed E-state index contributed by atoms with van der Waals surface area (Å²) in [6.45, 7) is 4.14. The largest absolute Gasteiger partial charge is 0.497 e. The van der Waals surface area contributed by atoms with Gasteiger partial charge in [0.2, 0.25) is 5.91 Å². The highest BCUT2D eigenvalue weighted by atomic mass is 16.5. The number of hydrogen-bond donors (Lipinski definition) is 0. The third-order valence-corrected chi connectivity index (χ3v) is 4.68. The summed E-state index contributed by atoms with van der Waals surface area (Å²) in [5.74, 6) is 1.66. The van der Waals surface area contributed by atoms with Gasteiger partial charge in [0.25, 0.3) is 0 Å². The maximum Gasteiger partial charge on any atom is 0.244 e. The van der Waals surface area contributed by atoms with Gasteiger partial charge in [-0.1, -0.05) is 24.3 Å². The van der Waals surface area contributed by atoms with Crippen LogP contribution in [0.5, 0.6) is 11.5 Å². The first-order valence-electron chi connectivity index (χ1n) is 8.45. The van der Waals surface area contributed by atoms with Crippen molar-refractivity contribution in [3.05, 3.63) is 54.1 Å². The third-order valence-electron chi connectivity index (χ3n) is 4.68. The van der Waals surface area contributed by atoms with E-state index in [2.05, 4.69) is 11.0 Å². The van der Waals surface area contributed by atoms with Gasteiger partial charge in [-0.05, 0) is 36.8 Å². The van der Waals surface area contributed by atoms with Gasteiger partial charge < -0.3 is 14.4 Å². The topological polar surface area (TPSA) is 42.0 Å². The summed E-state index contributed by atoms with van der Waals surface area (Å²) in [6, 6.07) is 15.5. The molecule has 0 spiro atoms. The smallest absolute Gasteiger partial charge is 0.244 e. The molecular weight excluding hydrogens is 316 g/mol. The number of amides is 1. The van der Waals surface area contributed by atoms with Gasteiger partial charge in [0.15, 0.2) is 0 Å². The number of nitrogens with zero attached hydrogens (tertiary/aromatic N) is 2. The summed E-state index contributed by atoms with van der Waals surface area (Å²) in [6.07, 6.45) is 0. The van der Waals surface area contributed by atoms with Crippen molar-refractivity contribution in [2.24, 2.45) is 0 Å². The molecule has 3 rings (SSSR count). The Balaban J connectivity index is 1.75. The van der Waals surface area contributed by atoms with Gasteiger partial charge in [-0.2, -0.15) is 0 Å². The van der Waals surface area contributed by atoms with Gasteiger partial charge in [0, 0.05) is 19.6 Å². The van der Waals surface area contributed by atoms with Crippen molar-refractivity contribution in [1.82, 2.24) is 4.90 Å². The second kappa shape index (κ2) is 7.57. The number of para-hydroxylation sites is 2. The van der Waals surface area contributed by atoms with Gasteiger partial charge in [0.05, 0.1) is 25.9 Å². The highest BCUT2D eigenvalue weighted by Gasteiger charge is 2.33. The minimum absolute atomic E-state index is 0.0960. The van der Waals surface area contributed by atoms with Gasteiger partial charge in [0.1, 0.15) is 11.5 Å². The van der Waals surface area contributed by atoms with E-state index in [1.165, 1.54) is 0 Å². The van der Waals surface area contributed by atoms with Crippen LogP contribution in [-0.4, -0.2) is 44.2 Å². The van der Waals surface area contributed by atoms with Crippen molar-refractivity contribution in [1.29, 1.82) is 0 Å². The highest BCUT2D eigenvalue weighted by molar-refractivity contribution is 5.98. The molecule has 5 nitrogen and oxygen atoms in total. The van der Waals surface area contributed by atoms with Gasteiger partial charge in [-0.25, -0.2) is 0 Å². The maximum atomic E-state index is 12.9. The average molecular weight is 340 g/mol. The Kier molecular flexibility index (Phi) is 5.24. The van der Waals surface area contributed by atoms with E-state index in [-0.39, 0.29) is 11.9 Å². The zero-order valence-corrected chi connectivity index (χ0v) is 14.9. The van der Waals surface area contributed by atoms with Gasteiger partial charge >= 0.3 is 0 Å². The summed E-state index contributed by atoms with van der Waals surface area (Å²) in [7, 11) is 3.29. The summed E-state index contributed by atoms with van der Waals surface area (Å²) in [5, 5.41) is 0. The van der Waals surface area contributed by atoms with E-state index in [1.54, 1.807) is 14.2 Å². The molecule has 1 aliphatic heterocycles. The van der Waals surface area contributed by atoms with E-state index in [9.17, 15) is 4.79 Å². The number of carbonyl (C=O) groups excluding carboxylic acids is 1. The molecule has 1 heterocycles. The fraction of sp³-hybridized carbons (Fsp3) is 0.350. The molecule has 0 aliphatic carbocycles. The van der Waals surface area contributed by atoms with Crippen LogP contribution in [0.3, 0.4) is 0 Å². The average Bonchev–Trinajstić information content (AvgIpc) is 2.66. The highest BCUT2D eigenvalue weighted by Crippen LogP contribution is 2.30. The molecule has 1 saturated heterocycles. The normalized spacial score (nSPS) is 18.3. The number of methoxy groups -OCH3 is 2. The van der Waals surface area contributed by atoms with E-state index >= 15 is 0 Å². The molecule has 2 aromatic rings. The van der Waals surface area contributed by atoms with Gasteiger partial charge in [-0.15, -0.1) is 0 Å². The number of rotatable bonds is 5. The Labute approximate surface area is 148 Å². The number of carbonyl (C=O) groups is 1. The molecule has 0 N–H and O–H groups in total. The molecule has 1 fully saturated rings. The first kappa shape index (κ1) is 17.3. The fourth-order valence-electron chi connectivity index (χ4n) is 3.23. The summed E-state index contributed by atoms with van der Waals surface area (Å²) < 4.78 is 10.7. The van der Waals surface area contributed by atoms with Gasteiger partial charge in [-0.3, -0.25) is 9.69 Å². The summed E-state index contributed by atoms with van der Waals surface area (Å²) >= 11 is 0. The number of benzene rings is 2. The second-order valence-electron chi connectivity index (χ2n) is 6.16. The van der Waals surface area contributed by atoms with E-state index < -0.39 is 0 Å². The van der Waals surface area contributed by atoms with Crippen LogP contribution in [0.25, 0.3) is 0 Å². The summed E-state index contributed by atoms with van der Waals surface area (Å²) in [4.78, 5) is 16.9. The Morgan fingerprint density at radius 2 is 1.84 bits per heavy atom. The Bertz CT molecular complexity index is 747. The monoisotopic (exact) mass is 340 g/mol. The lowest BCUT2D eigenvalue weighted by Crippen LogP contribution is -2.55. The number of hydrogen-bond acceptors (Lipinski definition) is 4. The van der Waals surface area contributed by atoms with Crippen LogP contribution in [0.1, 0.15) is 12.5 Å². The quantitative estimate of drug-likeness (QED) is 0.839. The Morgan fingerprint density at radius 1 is 1.04 bits per heavy atom. The van der Waals surface area contributed by atoms with Crippen LogP contribution in [0.2, 0.25) is 0 Å². The van der Waals surface area contributed by atoms with Crippen molar-refractivity contribution in [3.8, 4) is 11.5 Å². The number of anilines is 1. The molecule has 0 bridgehead atoms. The van der Waals surface area contributed by atoms with Crippen LogP contribution in [0.15, 0.2) is 48.5 Å². The zero-order chi connectivity index (χ0) is 17.8. The third kappa shape index (κ3) is 3.61. The lowest BCUT2D eigenvalue weighted by atomic mass is 10.1. The molecule has 1 aliphatic rings. The Hall–Kier alpha value is -2.53. The summed E-state index contributed by atoms with van der Waals surface area (Å²) in [5.41, 5.74) is 1.98. The SMILES string of the molecule is COc1cccc(CN2CCN(c3ccccc3OC)C(=O)[C@H]2C)c1. The maximum absolute atomic E-state index is 12.9. The molecule has 1 atom stereocenters. The molecule has 25 heavy (non-hydrogen) atoms. The van der Waals surface area contributed by atoms with Crippen molar-refractivity contribution in [3.63, 3.8) is 0 Å². The molecule has 0 aromatic heterocycles. The molecular formula is C20H24N2O3. The van der Waals surface area contributed by atoms with E-state index in [4.69, 9.17) is 9.47 Å². The Morgan fingerprint density at radius 3 is 2.60 bits per heavy atom. The van der Waals surface area contributed by atoms with Crippen molar-refractivity contribution in [2.75, 3.05) is 32.2 Å². The minimum atomic E-state index is -0.190. The van der Waals surface area contributed by atoms with E-state index in [1.807, 2.05) is 54.3 Å². The minimum Gasteiger partial charge on any atom is -0.497 e. The standard InChI is InChI=1S/C20H24N2O3/c1-15-20(23)22(18-9-4-5-10-19(18)25-3)12-11-21(15)14-16-7-6-8-17(13-16)24-2/h4-10,13,15H,11-12,14H2,1-3H3/t15-/m1/s1. The second-order valence-corrected chi connectivity index (χ2v) is 6.16. The van der Waals surface area contributed by atoms with E-state index in [0.29, 0.717) is 6.54 Å². The van der Waals surface area contributed by atoms with Crippen molar-refractivity contribution >= 4 is 11.6 Å². The number of ether oxygens (including phenoxy) is 2. The van der Waals surface area contributed by atoms with E-state index in [0.717, 1.165) is 35.8 Å². The lowest BCUT2D eigenvalue weighted by Gasteiger charge is -2.39. The van der Waals surface area contributed by atoms with Crippen LogP contribution in [-0.2, 0) is 11.3 Å². The molecule has 0 unspecified atom stereocenters. The van der Waals surface area contributed by atoms with Crippen molar-refractivity contribution < 1.29 is 14.3 Å². The van der Waals surface area contributed by atoms with Crippen LogP contribution < -0.4 is 14.4 Å². The van der Waals surface area contributed by atoms with Crippen LogP contribution >= 0.6 is 0 Å². The number of piperazine rings is 1. The van der Waals surface area contributed by atoms with Crippen LogP contribution in [0.4, 0.5) is 5.69 Å². The predicted molar refractivity (Wildman–Crippen MR) is 98.2 cm³/mol. The molecule has 0 saturated carbocycles. The molecule has 0 radical (unpaired) electrons. The fourth-order valence-corrected chi connectivity index (χ4v) is 3.23. The molecule has 1 amide bonds. The lowest BCUT2D eigenvalue weighted by molar-refractivity contribution is -0.125.